The summed E-state index contributed by atoms with van der Waals surface area (Å²) in [6, 6.07) is 0. The molecule has 1 fully saturated rings. The third-order valence-electron chi connectivity index (χ3n) is 2.53. The molecule has 0 aromatic rings. The van der Waals surface area contributed by atoms with Gasteiger partial charge in [-0.1, -0.05) is 0 Å². The second-order valence-electron chi connectivity index (χ2n) is 3.86. The van der Waals surface area contributed by atoms with E-state index in [0.717, 1.165) is 0 Å². The van der Waals surface area contributed by atoms with Crippen LogP contribution in [0.25, 0.3) is 0 Å². The molecule has 1 aliphatic rings. The van der Waals surface area contributed by atoms with Gasteiger partial charge in [-0.05, 0) is 0 Å². The van der Waals surface area contributed by atoms with Gasteiger partial charge in [0, 0.05) is 0 Å². The van der Waals surface area contributed by atoms with E-state index in [9.17, 15) is 15.3 Å². The Balaban J connectivity index is 2.54. The molecule has 8 nitrogen and oxygen atoms in total. The van der Waals surface area contributed by atoms with Crippen LogP contribution in [0.2, 0.25) is 0 Å². The van der Waals surface area contributed by atoms with Crippen LogP contribution in [-0.4, -0.2) is 87.3 Å². The third-order valence-corrected chi connectivity index (χ3v) is 2.53. The first-order valence-corrected chi connectivity index (χ1v) is 5.22. The number of hydrogen-bond acceptors (Lipinski definition) is 8. The zero-order chi connectivity index (χ0) is 13.0. The van der Waals surface area contributed by atoms with Gasteiger partial charge in [0.05, 0.1) is 19.8 Å². The monoisotopic (exact) mass is 254 g/mol. The SMILES string of the molecule is OCC(O)CO[C@H]1[C@@H](O)[C@H](O)[C@@H](CO)O[C@@H]1O. The summed E-state index contributed by atoms with van der Waals surface area (Å²) in [6.45, 7) is -1.40. The van der Waals surface area contributed by atoms with Gasteiger partial charge in [-0.25, -0.2) is 0 Å². The van der Waals surface area contributed by atoms with Crippen molar-refractivity contribution in [3.05, 3.63) is 0 Å². The van der Waals surface area contributed by atoms with Gasteiger partial charge >= 0.3 is 0 Å². The molecule has 1 rings (SSSR count). The molecule has 0 saturated carbocycles. The Hall–Kier alpha value is -0.320. The van der Waals surface area contributed by atoms with Crippen LogP contribution in [-0.2, 0) is 9.47 Å². The standard InChI is InChI=1S/C9H18O8/c10-1-4(12)3-16-8-7(14)6(13)5(2-11)17-9(8)15/h4-15H,1-3H2/t4?,5-,6-,7+,8+,9+/m1/s1. The van der Waals surface area contributed by atoms with Gasteiger partial charge in [0.15, 0.2) is 6.29 Å². The number of rotatable bonds is 5. The molecule has 0 radical (unpaired) electrons. The summed E-state index contributed by atoms with van der Waals surface area (Å²) in [5.74, 6) is 0. The van der Waals surface area contributed by atoms with Gasteiger partial charge < -0.3 is 40.1 Å². The molecule has 0 bridgehead atoms. The normalized spacial score (nSPS) is 40.2. The molecule has 1 unspecified atom stereocenters. The fourth-order valence-electron chi connectivity index (χ4n) is 1.53. The van der Waals surface area contributed by atoms with Crippen molar-refractivity contribution in [1.29, 1.82) is 0 Å². The highest BCUT2D eigenvalue weighted by molar-refractivity contribution is 4.89. The minimum Gasteiger partial charge on any atom is -0.394 e. The van der Waals surface area contributed by atoms with Crippen molar-refractivity contribution in [2.24, 2.45) is 0 Å². The Morgan fingerprint density at radius 1 is 1.12 bits per heavy atom. The first-order chi connectivity index (χ1) is 8.01. The van der Waals surface area contributed by atoms with Crippen LogP contribution in [0, 0.1) is 0 Å². The summed E-state index contributed by atoms with van der Waals surface area (Å²) in [7, 11) is 0. The minimum absolute atomic E-state index is 0.324. The maximum Gasteiger partial charge on any atom is 0.184 e. The molecular formula is C9H18O8. The lowest BCUT2D eigenvalue weighted by atomic mass is 9.99. The van der Waals surface area contributed by atoms with Crippen LogP contribution in [0.3, 0.4) is 0 Å². The Bertz CT molecular complexity index is 225. The number of aliphatic hydroxyl groups is 6. The van der Waals surface area contributed by atoms with Crippen LogP contribution >= 0.6 is 0 Å². The summed E-state index contributed by atoms with van der Waals surface area (Å²) in [5.41, 5.74) is 0. The number of ether oxygens (including phenoxy) is 2. The molecule has 8 heteroatoms. The van der Waals surface area contributed by atoms with Crippen molar-refractivity contribution in [3.8, 4) is 0 Å². The van der Waals surface area contributed by atoms with Crippen LogP contribution in [0.5, 0.6) is 0 Å². The van der Waals surface area contributed by atoms with Crippen LogP contribution in [0.15, 0.2) is 0 Å². The van der Waals surface area contributed by atoms with Crippen molar-refractivity contribution >= 4 is 0 Å². The average molecular weight is 254 g/mol. The van der Waals surface area contributed by atoms with Gasteiger partial charge in [0.2, 0.25) is 0 Å². The van der Waals surface area contributed by atoms with Crippen LogP contribution in [0.4, 0.5) is 0 Å². The third kappa shape index (κ3) is 3.57. The topological polar surface area (TPSA) is 140 Å². The maximum atomic E-state index is 9.62. The lowest BCUT2D eigenvalue weighted by Crippen LogP contribution is -2.59. The molecule has 0 aromatic heterocycles. The highest BCUT2D eigenvalue weighted by atomic mass is 16.7. The number of hydrogen-bond donors (Lipinski definition) is 6. The quantitative estimate of drug-likeness (QED) is 0.293. The highest BCUT2D eigenvalue weighted by Crippen LogP contribution is 2.22. The Labute approximate surface area is 97.6 Å². The lowest BCUT2D eigenvalue weighted by Gasteiger charge is -2.39. The Morgan fingerprint density at radius 2 is 1.76 bits per heavy atom. The minimum atomic E-state index is -1.53. The summed E-state index contributed by atoms with van der Waals surface area (Å²) in [6.07, 6.45) is -7.89. The Morgan fingerprint density at radius 3 is 2.29 bits per heavy atom. The molecule has 0 aromatic carbocycles. The Kier molecular flexibility index (Phi) is 5.70. The largest absolute Gasteiger partial charge is 0.394 e. The molecule has 0 spiro atoms. The van der Waals surface area contributed by atoms with Gasteiger partial charge in [-0.15, -0.1) is 0 Å². The first kappa shape index (κ1) is 14.7. The van der Waals surface area contributed by atoms with E-state index in [2.05, 4.69) is 0 Å². The van der Waals surface area contributed by atoms with E-state index in [1.54, 1.807) is 0 Å². The lowest BCUT2D eigenvalue weighted by molar-refractivity contribution is -0.299. The maximum absolute atomic E-state index is 9.62. The zero-order valence-corrected chi connectivity index (χ0v) is 9.09. The fraction of sp³-hybridized carbons (Fsp3) is 1.00. The summed E-state index contributed by atoms with van der Waals surface area (Å²) in [5, 5.41) is 55.0. The molecular weight excluding hydrogens is 236 g/mol. The molecule has 1 saturated heterocycles. The van der Waals surface area contributed by atoms with E-state index in [1.807, 2.05) is 0 Å². The number of aliphatic hydroxyl groups excluding tert-OH is 6. The second kappa shape index (κ2) is 6.57. The highest BCUT2D eigenvalue weighted by Gasteiger charge is 2.44. The van der Waals surface area contributed by atoms with Gasteiger partial charge in [-0.3, -0.25) is 0 Å². The smallest absolute Gasteiger partial charge is 0.184 e. The molecule has 1 heterocycles. The summed E-state index contributed by atoms with van der Waals surface area (Å²) >= 11 is 0. The van der Waals surface area contributed by atoms with E-state index < -0.39 is 50.0 Å². The summed E-state index contributed by atoms with van der Waals surface area (Å²) < 4.78 is 9.77. The van der Waals surface area contributed by atoms with Crippen molar-refractivity contribution < 1.29 is 40.1 Å². The van der Waals surface area contributed by atoms with E-state index in [0.29, 0.717) is 0 Å². The van der Waals surface area contributed by atoms with Crippen molar-refractivity contribution in [2.75, 3.05) is 19.8 Å². The van der Waals surface area contributed by atoms with E-state index >= 15 is 0 Å². The van der Waals surface area contributed by atoms with Gasteiger partial charge in [0.1, 0.15) is 30.5 Å². The molecule has 1 aliphatic heterocycles. The van der Waals surface area contributed by atoms with Crippen molar-refractivity contribution in [3.63, 3.8) is 0 Å². The molecule has 0 aliphatic carbocycles. The van der Waals surface area contributed by atoms with E-state index in [4.69, 9.17) is 24.8 Å². The van der Waals surface area contributed by atoms with Crippen molar-refractivity contribution in [1.82, 2.24) is 0 Å². The summed E-state index contributed by atoms with van der Waals surface area (Å²) in [4.78, 5) is 0. The van der Waals surface area contributed by atoms with Gasteiger partial charge in [0.25, 0.3) is 0 Å². The molecule has 0 amide bonds. The molecule has 17 heavy (non-hydrogen) atoms. The van der Waals surface area contributed by atoms with Crippen molar-refractivity contribution in [2.45, 2.75) is 36.8 Å². The predicted octanol–water partition coefficient (Wildman–Crippen LogP) is -3.84. The average Bonchev–Trinajstić information content (AvgIpc) is 2.33. The van der Waals surface area contributed by atoms with Crippen LogP contribution in [0.1, 0.15) is 0 Å². The van der Waals surface area contributed by atoms with E-state index in [1.165, 1.54) is 0 Å². The fourth-order valence-corrected chi connectivity index (χ4v) is 1.53. The second-order valence-corrected chi connectivity index (χ2v) is 3.86. The molecule has 6 N–H and O–H groups in total. The van der Waals surface area contributed by atoms with E-state index in [-0.39, 0.29) is 6.61 Å². The molecule has 6 atom stereocenters. The van der Waals surface area contributed by atoms with Gasteiger partial charge in [-0.2, -0.15) is 0 Å². The molecule has 102 valence electrons. The zero-order valence-electron chi connectivity index (χ0n) is 9.09. The van der Waals surface area contributed by atoms with Crippen LogP contribution < -0.4 is 0 Å². The predicted molar refractivity (Wildman–Crippen MR) is 52.8 cm³/mol. The first-order valence-electron chi connectivity index (χ1n) is 5.22.